The molecule has 4 aliphatic heterocycles. The molecule has 16 heteroatoms. The molecule has 3 aromatic carbocycles. The van der Waals surface area contributed by atoms with Crippen molar-refractivity contribution < 1.29 is 31.8 Å². The Morgan fingerprint density at radius 2 is 1.81 bits per heavy atom. The molecule has 0 amide bonds. The average molecular weight is 765 g/mol. The highest BCUT2D eigenvalue weighted by Crippen LogP contribution is 2.41. The smallest absolute Gasteiger partial charge is 0.338 e. The number of nitrogens with zero attached hydrogens (tertiary/aromatic N) is 5. The van der Waals surface area contributed by atoms with Gasteiger partial charge in [0.15, 0.2) is 33.1 Å². The maximum atomic E-state index is 14.1. The number of ether oxygens (including phenoxy) is 3. The number of nitrogens with one attached hydrogen (secondary N) is 1. The van der Waals surface area contributed by atoms with Gasteiger partial charge in [0.2, 0.25) is 0 Å². The van der Waals surface area contributed by atoms with Gasteiger partial charge in [0.05, 0.1) is 17.6 Å². The zero-order valence-corrected chi connectivity index (χ0v) is 30.5. The molecule has 0 bridgehead atoms. The van der Waals surface area contributed by atoms with Gasteiger partial charge in [0.1, 0.15) is 23.4 Å². The van der Waals surface area contributed by atoms with Gasteiger partial charge in [-0.1, -0.05) is 17.7 Å². The summed E-state index contributed by atoms with van der Waals surface area (Å²) < 4.78 is 55.1. The fraction of sp³-hybridized carbons (Fsp3) is 0.306. The van der Waals surface area contributed by atoms with Crippen LogP contribution in [0.15, 0.2) is 99.5 Å². The fourth-order valence-corrected chi connectivity index (χ4v) is 8.50. The van der Waals surface area contributed by atoms with E-state index < -0.39 is 27.7 Å². The van der Waals surface area contributed by atoms with E-state index in [1.165, 1.54) is 49.0 Å². The van der Waals surface area contributed by atoms with Crippen molar-refractivity contribution in [2.24, 2.45) is 4.99 Å². The normalized spacial score (nSPS) is 23.3. The van der Waals surface area contributed by atoms with Crippen LogP contribution in [0.2, 0.25) is 5.02 Å². The lowest BCUT2D eigenvalue weighted by molar-refractivity contribution is -0.136. The van der Waals surface area contributed by atoms with Gasteiger partial charge in [-0.25, -0.2) is 22.6 Å². The highest BCUT2D eigenvalue weighted by Gasteiger charge is 2.55. The standard InChI is InChI=1S/C36H34ClFN6O6S2/c1-48-36(45)30-29(40-32(33-39-13-16-51-33)41-31(30)27-12-3-21(38)17-28(27)37)20-42-14-15-43-23(18-42)19-44(35-34(43)50-35)22-4-6-24(7-5-22)49-25-8-10-26(11-9-25)52(2,46)47/h3-13,16-17,23,31,34-35H,14-15,18-20H2,1-2H3,(H,40,41)/t23-,31-,34?,35?/m0/s1. The number of amidine groups is 1. The number of anilines is 1. The lowest BCUT2D eigenvalue weighted by atomic mass is 9.95. The number of hydrogen-bond donors (Lipinski definition) is 1. The number of sulfone groups is 1. The first-order valence-electron chi connectivity index (χ1n) is 16.5. The third-order valence-corrected chi connectivity index (χ3v) is 11.8. The monoisotopic (exact) mass is 764 g/mol. The Bertz CT molecular complexity index is 2170. The van der Waals surface area contributed by atoms with Crippen LogP contribution in [0.4, 0.5) is 10.1 Å². The Morgan fingerprint density at radius 1 is 1.06 bits per heavy atom. The predicted molar refractivity (Wildman–Crippen MR) is 194 cm³/mol. The molecule has 0 spiro atoms. The molecule has 0 saturated carbocycles. The van der Waals surface area contributed by atoms with E-state index in [0.717, 1.165) is 25.3 Å². The number of benzene rings is 3. The number of carbonyl (C=O) groups excluding carboxylic acids is 1. The Hall–Kier alpha value is -4.38. The minimum atomic E-state index is -3.29. The van der Waals surface area contributed by atoms with Crippen LogP contribution in [-0.2, 0) is 24.1 Å². The number of esters is 1. The summed E-state index contributed by atoms with van der Waals surface area (Å²) in [5.74, 6) is 0.627. The largest absolute Gasteiger partial charge is 0.466 e. The molecular weight excluding hydrogens is 731 g/mol. The van der Waals surface area contributed by atoms with Crippen molar-refractivity contribution in [3.8, 4) is 11.5 Å². The summed E-state index contributed by atoms with van der Waals surface area (Å²) in [6.45, 7) is 3.36. The van der Waals surface area contributed by atoms with Crippen molar-refractivity contribution in [2.45, 2.75) is 29.4 Å². The molecule has 4 aliphatic rings. The molecule has 3 saturated heterocycles. The van der Waals surface area contributed by atoms with E-state index in [-0.39, 0.29) is 28.4 Å². The highest BCUT2D eigenvalue weighted by atomic mass is 35.5. The van der Waals surface area contributed by atoms with E-state index in [1.807, 2.05) is 29.6 Å². The highest BCUT2D eigenvalue weighted by molar-refractivity contribution is 7.90. The van der Waals surface area contributed by atoms with Gasteiger partial charge in [0, 0.05) is 78.6 Å². The molecular formula is C36H34ClFN6O6S2. The van der Waals surface area contributed by atoms with E-state index in [4.69, 9.17) is 30.8 Å². The molecule has 270 valence electrons. The van der Waals surface area contributed by atoms with Crippen molar-refractivity contribution in [1.29, 1.82) is 0 Å². The van der Waals surface area contributed by atoms with Gasteiger partial charge < -0.3 is 24.4 Å². The van der Waals surface area contributed by atoms with Crippen LogP contribution in [-0.4, -0.2) is 99.6 Å². The first kappa shape index (κ1) is 34.7. The zero-order valence-electron chi connectivity index (χ0n) is 28.1. The number of epoxide rings is 1. The molecule has 4 atom stereocenters. The van der Waals surface area contributed by atoms with Crippen LogP contribution >= 0.6 is 22.9 Å². The fourth-order valence-electron chi connectivity index (χ4n) is 7.01. The Kier molecular flexibility index (Phi) is 9.26. The van der Waals surface area contributed by atoms with Crippen LogP contribution in [0.25, 0.3) is 0 Å². The molecule has 1 N–H and O–H groups in total. The van der Waals surface area contributed by atoms with Crippen LogP contribution in [0.5, 0.6) is 11.5 Å². The van der Waals surface area contributed by atoms with Crippen LogP contribution < -0.4 is 15.0 Å². The minimum Gasteiger partial charge on any atom is -0.466 e. The number of methoxy groups -OCH3 is 1. The SMILES string of the molecule is COC(=O)C1=C(CN2CCN3C4OC4N(c4ccc(Oc5ccc(S(C)(=O)=O)cc5)cc4)C[C@@H]3C2)NC(c2nccs2)=N[C@H]1c1ccc(F)cc1Cl. The topological polar surface area (TPSA) is 129 Å². The van der Waals surface area contributed by atoms with Crippen molar-refractivity contribution in [3.05, 3.63) is 111 Å². The summed E-state index contributed by atoms with van der Waals surface area (Å²) in [6, 6.07) is 17.5. The summed E-state index contributed by atoms with van der Waals surface area (Å²) in [5.41, 5.74) is 2.42. The zero-order chi connectivity index (χ0) is 36.1. The van der Waals surface area contributed by atoms with E-state index in [0.29, 0.717) is 52.3 Å². The number of aliphatic imine (C=N–C) groups is 1. The van der Waals surface area contributed by atoms with Gasteiger partial charge in [-0.15, -0.1) is 11.3 Å². The second kappa shape index (κ2) is 13.9. The Morgan fingerprint density at radius 3 is 2.48 bits per heavy atom. The summed E-state index contributed by atoms with van der Waals surface area (Å²) in [4.78, 5) is 29.9. The molecule has 0 aliphatic carbocycles. The Balaban J connectivity index is 1.00. The lowest BCUT2D eigenvalue weighted by Gasteiger charge is -2.46. The van der Waals surface area contributed by atoms with Gasteiger partial charge in [-0.3, -0.25) is 14.8 Å². The summed E-state index contributed by atoms with van der Waals surface area (Å²) in [7, 11) is -1.96. The number of fused-ring (bicyclic) bond motifs is 3. The van der Waals surface area contributed by atoms with E-state index in [9.17, 15) is 17.6 Å². The molecule has 12 nitrogen and oxygen atoms in total. The summed E-state index contributed by atoms with van der Waals surface area (Å²) in [6.07, 6.45) is 2.79. The van der Waals surface area contributed by atoms with Gasteiger partial charge >= 0.3 is 5.97 Å². The van der Waals surface area contributed by atoms with Crippen molar-refractivity contribution in [3.63, 3.8) is 0 Å². The number of hydrogen-bond acceptors (Lipinski definition) is 13. The number of carbonyl (C=O) groups is 1. The number of piperazine rings is 2. The predicted octanol–water partition coefficient (Wildman–Crippen LogP) is 4.84. The average Bonchev–Trinajstić information content (AvgIpc) is 3.74. The number of halogens is 2. The molecule has 2 unspecified atom stereocenters. The molecule has 52 heavy (non-hydrogen) atoms. The molecule has 8 rings (SSSR count). The third kappa shape index (κ3) is 6.91. The van der Waals surface area contributed by atoms with Gasteiger partial charge in [-0.05, 0) is 60.7 Å². The Labute approximate surface area is 309 Å². The molecule has 0 radical (unpaired) electrons. The van der Waals surface area contributed by atoms with Crippen molar-refractivity contribution in [1.82, 2.24) is 20.1 Å². The second-order valence-electron chi connectivity index (χ2n) is 12.9. The van der Waals surface area contributed by atoms with E-state index >= 15 is 0 Å². The van der Waals surface area contributed by atoms with Gasteiger partial charge in [0.25, 0.3) is 0 Å². The first-order valence-corrected chi connectivity index (χ1v) is 19.7. The second-order valence-corrected chi connectivity index (χ2v) is 16.2. The van der Waals surface area contributed by atoms with Crippen LogP contribution in [0.1, 0.15) is 16.6 Å². The number of aromatic nitrogens is 1. The van der Waals surface area contributed by atoms with Crippen molar-refractivity contribution in [2.75, 3.05) is 51.0 Å². The molecule has 5 heterocycles. The quantitative estimate of drug-likeness (QED) is 0.186. The lowest BCUT2D eigenvalue weighted by Crippen LogP contribution is -2.62. The minimum absolute atomic E-state index is 0.0172. The van der Waals surface area contributed by atoms with Crippen LogP contribution in [0, 0.1) is 5.82 Å². The maximum absolute atomic E-state index is 14.1. The van der Waals surface area contributed by atoms with E-state index in [1.54, 1.807) is 24.4 Å². The third-order valence-electron chi connectivity index (χ3n) is 9.56. The number of thiazole rings is 1. The first-order chi connectivity index (χ1) is 25.1. The summed E-state index contributed by atoms with van der Waals surface area (Å²) in [5, 5.41) is 6.04. The molecule has 3 fully saturated rings. The molecule has 4 aromatic rings. The van der Waals surface area contributed by atoms with E-state index in [2.05, 4.69) is 25.0 Å². The van der Waals surface area contributed by atoms with Crippen molar-refractivity contribution >= 4 is 50.3 Å². The van der Waals surface area contributed by atoms with Crippen LogP contribution in [0.3, 0.4) is 0 Å². The molecule has 1 aromatic heterocycles. The number of rotatable bonds is 9. The summed E-state index contributed by atoms with van der Waals surface area (Å²) >= 11 is 7.95. The maximum Gasteiger partial charge on any atom is 0.338 e. The van der Waals surface area contributed by atoms with Gasteiger partial charge in [-0.2, -0.15) is 0 Å².